The molecule has 0 radical (unpaired) electrons. The Morgan fingerprint density at radius 3 is 2.73 bits per heavy atom. The summed E-state index contributed by atoms with van der Waals surface area (Å²) in [6.07, 6.45) is 0. The molecular formula is C11H15BrN2O. The van der Waals surface area contributed by atoms with Gasteiger partial charge >= 0.3 is 0 Å². The summed E-state index contributed by atoms with van der Waals surface area (Å²) in [5.41, 5.74) is 2.35. The van der Waals surface area contributed by atoms with Crippen molar-refractivity contribution in [2.75, 3.05) is 5.33 Å². The van der Waals surface area contributed by atoms with Gasteiger partial charge in [0.1, 0.15) is 0 Å². The first-order valence-corrected chi connectivity index (χ1v) is 5.98. The number of rotatable bonds is 3. The second-order valence-corrected chi connectivity index (χ2v) is 4.26. The highest BCUT2D eigenvalue weighted by Crippen LogP contribution is 2.06. The van der Waals surface area contributed by atoms with E-state index in [0.717, 1.165) is 16.7 Å². The van der Waals surface area contributed by atoms with Crippen LogP contribution in [0, 0.1) is 13.8 Å². The molecule has 0 aromatic carbocycles. The molecule has 3 nitrogen and oxygen atoms in total. The van der Waals surface area contributed by atoms with Gasteiger partial charge in [0.25, 0.3) is 5.91 Å². The normalized spacial score (nSPS) is 12.3. The smallest absolute Gasteiger partial charge is 0.253 e. The highest BCUT2D eigenvalue weighted by molar-refractivity contribution is 9.09. The van der Waals surface area contributed by atoms with Crippen LogP contribution < -0.4 is 5.32 Å². The van der Waals surface area contributed by atoms with Gasteiger partial charge in [-0.2, -0.15) is 0 Å². The maximum absolute atomic E-state index is 11.8. The lowest BCUT2D eigenvalue weighted by molar-refractivity contribution is 0.0943. The second-order valence-electron chi connectivity index (χ2n) is 3.61. The molecule has 1 N–H and O–H groups in total. The summed E-state index contributed by atoms with van der Waals surface area (Å²) >= 11 is 3.32. The molecular weight excluding hydrogens is 256 g/mol. The van der Waals surface area contributed by atoms with Crippen molar-refractivity contribution in [3.63, 3.8) is 0 Å². The van der Waals surface area contributed by atoms with E-state index in [4.69, 9.17) is 0 Å². The summed E-state index contributed by atoms with van der Waals surface area (Å²) in [7, 11) is 0. The van der Waals surface area contributed by atoms with Crippen LogP contribution in [0.3, 0.4) is 0 Å². The Hall–Kier alpha value is -0.900. The molecule has 1 unspecified atom stereocenters. The van der Waals surface area contributed by atoms with Crippen LogP contribution in [0.25, 0.3) is 0 Å². The van der Waals surface area contributed by atoms with Crippen LogP contribution in [0.15, 0.2) is 12.1 Å². The molecule has 0 aliphatic rings. The Kier molecular flexibility index (Phi) is 4.27. The molecule has 82 valence electrons. The minimum absolute atomic E-state index is 0.0630. The fraction of sp³-hybridized carbons (Fsp3) is 0.455. The molecule has 0 saturated carbocycles. The quantitative estimate of drug-likeness (QED) is 0.856. The molecule has 0 aliphatic carbocycles. The zero-order valence-electron chi connectivity index (χ0n) is 9.17. The standard InChI is InChI=1S/C11H15BrN2O/c1-7-4-5-10(9(3)13-7)11(15)14-8(2)6-12/h4-5,8H,6H2,1-3H3,(H,14,15). The number of hydrogen-bond acceptors (Lipinski definition) is 2. The van der Waals surface area contributed by atoms with Gasteiger partial charge < -0.3 is 5.32 Å². The van der Waals surface area contributed by atoms with Gasteiger partial charge in [-0.1, -0.05) is 15.9 Å². The number of aryl methyl sites for hydroxylation is 2. The van der Waals surface area contributed by atoms with E-state index < -0.39 is 0 Å². The van der Waals surface area contributed by atoms with Gasteiger partial charge in [-0.15, -0.1) is 0 Å². The molecule has 0 spiro atoms. The number of halogens is 1. The predicted octanol–water partition coefficient (Wildman–Crippen LogP) is 2.21. The minimum atomic E-state index is -0.0630. The average Bonchev–Trinajstić information content (AvgIpc) is 2.17. The minimum Gasteiger partial charge on any atom is -0.349 e. The van der Waals surface area contributed by atoms with Gasteiger partial charge in [0.05, 0.1) is 11.3 Å². The third-order valence-electron chi connectivity index (χ3n) is 2.08. The first kappa shape index (κ1) is 12.2. The maximum atomic E-state index is 11.8. The van der Waals surface area contributed by atoms with Crippen LogP contribution in [0.4, 0.5) is 0 Å². The van der Waals surface area contributed by atoms with E-state index in [1.54, 1.807) is 0 Å². The van der Waals surface area contributed by atoms with E-state index in [-0.39, 0.29) is 11.9 Å². The van der Waals surface area contributed by atoms with Gasteiger partial charge in [0.2, 0.25) is 0 Å². The maximum Gasteiger partial charge on any atom is 0.253 e. The number of carbonyl (C=O) groups excluding carboxylic acids is 1. The number of hydrogen-bond donors (Lipinski definition) is 1. The Balaban J connectivity index is 2.82. The highest BCUT2D eigenvalue weighted by atomic mass is 79.9. The van der Waals surface area contributed by atoms with Gasteiger partial charge in [0, 0.05) is 17.1 Å². The number of pyridine rings is 1. The van der Waals surface area contributed by atoms with Crippen LogP contribution >= 0.6 is 15.9 Å². The number of alkyl halides is 1. The fourth-order valence-electron chi connectivity index (χ4n) is 1.27. The number of carbonyl (C=O) groups is 1. The van der Waals surface area contributed by atoms with Crippen molar-refractivity contribution in [2.24, 2.45) is 0 Å². The highest BCUT2D eigenvalue weighted by Gasteiger charge is 2.11. The number of nitrogens with zero attached hydrogens (tertiary/aromatic N) is 1. The molecule has 0 aliphatic heterocycles. The largest absolute Gasteiger partial charge is 0.349 e. The molecule has 1 aromatic heterocycles. The molecule has 1 rings (SSSR count). The Morgan fingerprint density at radius 1 is 1.53 bits per heavy atom. The second kappa shape index (κ2) is 5.26. The number of aromatic nitrogens is 1. The van der Waals surface area contributed by atoms with Crippen molar-refractivity contribution in [2.45, 2.75) is 26.8 Å². The van der Waals surface area contributed by atoms with Crippen molar-refractivity contribution in [1.29, 1.82) is 0 Å². The van der Waals surface area contributed by atoms with E-state index in [1.165, 1.54) is 0 Å². The van der Waals surface area contributed by atoms with Crippen molar-refractivity contribution in [1.82, 2.24) is 10.3 Å². The third kappa shape index (κ3) is 3.30. The molecule has 0 saturated heterocycles. The van der Waals surface area contributed by atoms with Gasteiger partial charge in [-0.25, -0.2) is 0 Å². The van der Waals surface area contributed by atoms with Crippen LogP contribution in [0.5, 0.6) is 0 Å². The molecule has 15 heavy (non-hydrogen) atoms. The van der Waals surface area contributed by atoms with Crippen molar-refractivity contribution >= 4 is 21.8 Å². The van der Waals surface area contributed by atoms with Gasteiger partial charge in [0.15, 0.2) is 0 Å². The van der Waals surface area contributed by atoms with E-state index >= 15 is 0 Å². The summed E-state index contributed by atoms with van der Waals surface area (Å²) in [4.78, 5) is 16.0. The van der Waals surface area contributed by atoms with Gasteiger partial charge in [-0.05, 0) is 32.9 Å². The monoisotopic (exact) mass is 270 g/mol. The SMILES string of the molecule is Cc1ccc(C(=O)NC(C)CBr)c(C)n1. The summed E-state index contributed by atoms with van der Waals surface area (Å²) in [5.74, 6) is -0.0630. The van der Waals surface area contributed by atoms with E-state index in [9.17, 15) is 4.79 Å². The molecule has 1 atom stereocenters. The number of nitrogens with one attached hydrogen (secondary N) is 1. The van der Waals surface area contributed by atoms with Crippen LogP contribution in [0.2, 0.25) is 0 Å². The topological polar surface area (TPSA) is 42.0 Å². The fourth-order valence-corrected chi connectivity index (χ4v) is 1.43. The van der Waals surface area contributed by atoms with Crippen LogP contribution in [0.1, 0.15) is 28.7 Å². The lowest BCUT2D eigenvalue weighted by atomic mass is 10.1. The lowest BCUT2D eigenvalue weighted by Gasteiger charge is -2.11. The summed E-state index contributed by atoms with van der Waals surface area (Å²) in [6, 6.07) is 3.78. The van der Waals surface area contributed by atoms with E-state index in [1.807, 2.05) is 32.9 Å². The van der Waals surface area contributed by atoms with Crippen molar-refractivity contribution < 1.29 is 4.79 Å². The Morgan fingerprint density at radius 2 is 2.20 bits per heavy atom. The van der Waals surface area contributed by atoms with Crippen LogP contribution in [-0.2, 0) is 0 Å². The average molecular weight is 271 g/mol. The lowest BCUT2D eigenvalue weighted by Crippen LogP contribution is -2.34. The predicted molar refractivity (Wildman–Crippen MR) is 64.4 cm³/mol. The summed E-state index contributed by atoms with van der Waals surface area (Å²) < 4.78 is 0. The van der Waals surface area contributed by atoms with E-state index in [0.29, 0.717) is 5.56 Å². The molecule has 1 heterocycles. The molecule has 0 bridgehead atoms. The Bertz CT molecular complexity index is 366. The van der Waals surface area contributed by atoms with Crippen LogP contribution in [-0.4, -0.2) is 22.3 Å². The summed E-state index contributed by atoms with van der Waals surface area (Å²) in [6.45, 7) is 5.71. The zero-order valence-corrected chi connectivity index (χ0v) is 10.8. The zero-order chi connectivity index (χ0) is 11.4. The Labute approximate surface area is 98.4 Å². The molecule has 1 amide bonds. The molecule has 0 fully saturated rings. The summed E-state index contributed by atoms with van der Waals surface area (Å²) in [5, 5.41) is 3.63. The van der Waals surface area contributed by atoms with E-state index in [2.05, 4.69) is 26.2 Å². The van der Waals surface area contributed by atoms with Crippen molar-refractivity contribution in [3.05, 3.63) is 29.1 Å². The first-order valence-electron chi connectivity index (χ1n) is 4.85. The molecule has 1 aromatic rings. The van der Waals surface area contributed by atoms with Crippen molar-refractivity contribution in [3.8, 4) is 0 Å². The third-order valence-corrected chi connectivity index (χ3v) is 3.05. The first-order chi connectivity index (χ1) is 7.04. The van der Waals surface area contributed by atoms with Gasteiger partial charge in [-0.3, -0.25) is 9.78 Å². The molecule has 4 heteroatoms. The number of amides is 1.